The lowest BCUT2D eigenvalue weighted by Crippen LogP contribution is -2.66. The Bertz CT molecular complexity index is 1010. The first-order chi connectivity index (χ1) is 21.8. The zero-order valence-corrected chi connectivity index (χ0v) is 28.2. The van der Waals surface area contributed by atoms with E-state index in [9.17, 15) is 9.59 Å². The minimum absolute atomic E-state index is 0.0632. The molecule has 0 aromatic heterocycles. The Hall–Kier alpha value is -2.64. The molecule has 0 amide bonds. The highest BCUT2D eigenvalue weighted by Gasteiger charge is 2.49. The molecule has 0 atom stereocenters. The Balaban J connectivity index is 1.45. The second-order valence-corrected chi connectivity index (χ2v) is 15.7. The molecule has 10 nitrogen and oxygen atoms in total. The predicted molar refractivity (Wildman–Crippen MR) is 175 cm³/mol. The van der Waals surface area contributed by atoms with Gasteiger partial charge in [0.25, 0.3) is 8.32 Å². The number of benzene rings is 2. The molecule has 0 aliphatic rings. The fourth-order valence-electron chi connectivity index (χ4n) is 4.83. The van der Waals surface area contributed by atoms with E-state index in [-0.39, 0.29) is 37.1 Å². The van der Waals surface area contributed by atoms with Crippen molar-refractivity contribution >= 4 is 30.6 Å². The molecular weight excluding hydrogens is 596 g/mol. The van der Waals surface area contributed by atoms with E-state index in [0.717, 1.165) is 0 Å². The van der Waals surface area contributed by atoms with Gasteiger partial charge in [0.2, 0.25) is 0 Å². The van der Waals surface area contributed by atoms with Crippen molar-refractivity contribution in [3.05, 3.63) is 60.7 Å². The maximum Gasteiger partial charge on any atom is 0.305 e. The quantitative estimate of drug-likeness (QED) is 0.0916. The summed E-state index contributed by atoms with van der Waals surface area (Å²) in [7, 11) is -2.55. The van der Waals surface area contributed by atoms with E-state index in [2.05, 4.69) is 69.3 Å². The lowest BCUT2D eigenvalue weighted by atomic mass is 10.2. The van der Waals surface area contributed by atoms with Crippen molar-refractivity contribution in [2.45, 2.75) is 51.5 Å². The van der Waals surface area contributed by atoms with Crippen LogP contribution in [0.4, 0.5) is 0 Å². The Morgan fingerprint density at radius 3 is 1.36 bits per heavy atom. The van der Waals surface area contributed by atoms with Gasteiger partial charge in [-0.3, -0.25) is 9.59 Å². The molecule has 2 rings (SSSR count). The number of hydrogen-bond acceptors (Lipinski definition) is 9. The number of unbranched alkanes of at least 4 members (excludes halogenated alkanes) is 1. The molecule has 1 N–H and O–H groups in total. The first kappa shape index (κ1) is 38.5. The summed E-state index contributed by atoms with van der Waals surface area (Å²) in [5.74, 6) is -1.20. The molecule has 0 fully saturated rings. The first-order valence-electron chi connectivity index (χ1n) is 15.8. The molecule has 0 heterocycles. The summed E-state index contributed by atoms with van der Waals surface area (Å²) in [6.45, 7) is 11.9. The van der Waals surface area contributed by atoms with E-state index in [4.69, 9.17) is 38.0 Å². The molecule has 0 spiro atoms. The summed E-state index contributed by atoms with van der Waals surface area (Å²) in [5.41, 5.74) is 0. The van der Waals surface area contributed by atoms with Crippen LogP contribution in [0.1, 0.15) is 46.5 Å². The second kappa shape index (κ2) is 22.8. The number of carbonyl (C=O) groups is 2. The molecule has 0 saturated heterocycles. The minimum atomic E-state index is -2.55. The molecule has 0 bridgehead atoms. The third-order valence-corrected chi connectivity index (χ3v) is 12.0. The van der Waals surface area contributed by atoms with Crippen LogP contribution in [0.25, 0.3) is 0 Å². The summed E-state index contributed by atoms with van der Waals surface area (Å²) in [6.07, 6.45) is 1.25. The lowest BCUT2D eigenvalue weighted by Gasteiger charge is -2.43. The van der Waals surface area contributed by atoms with Gasteiger partial charge >= 0.3 is 11.9 Å². The molecule has 0 aliphatic carbocycles. The molecule has 2 aromatic rings. The van der Waals surface area contributed by atoms with E-state index < -0.39 is 14.3 Å². The van der Waals surface area contributed by atoms with E-state index in [0.29, 0.717) is 78.9 Å². The van der Waals surface area contributed by atoms with Crippen molar-refractivity contribution in [1.29, 1.82) is 0 Å². The van der Waals surface area contributed by atoms with E-state index in [1.54, 1.807) is 0 Å². The van der Waals surface area contributed by atoms with Gasteiger partial charge in [0.15, 0.2) is 0 Å². The van der Waals surface area contributed by atoms with Gasteiger partial charge in [-0.25, -0.2) is 0 Å². The summed E-state index contributed by atoms with van der Waals surface area (Å²) >= 11 is 0. The second-order valence-electron chi connectivity index (χ2n) is 11.4. The monoisotopic (exact) mass is 648 g/mol. The van der Waals surface area contributed by atoms with Gasteiger partial charge in [0.1, 0.15) is 6.61 Å². The van der Waals surface area contributed by atoms with E-state index in [1.807, 2.05) is 12.1 Å². The topological polar surface area (TPSA) is 119 Å². The van der Waals surface area contributed by atoms with Crippen LogP contribution in [0.3, 0.4) is 0 Å². The van der Waals surface area contributed by atoms with Crippen LogP contribution < -0.4 is 10.4 Å². The van der Waals surface area contributed by atoms with Crippen molar-refractivity contribution in [2.75, 3.05) is 79.3 Å². The van der Waals surface area contributed by atoms with Gasteiger partial charge in [-0.1, -0.05) is 81.4 Å². The molecule has 0 aliphatic heterocycles. The van der Waals surface area contributed by atoms with Gasteiger partial charge in [-0.15, -0.1) is 0 Å². The van der Waals surface area contributed by atoms with Crippen LogP contribution in [0.15, 0.2) is 60.7 Å². The number of carbonyl (C=O) groups excluding carboxylic acids is 1. The standard InChI is InChI=1S/C34H52O10Si/c1-34(2,3)45(30-12-6-4-7-13-30,31-14-8-5-9-15-31)44-29-27-42-25-23-40-21-19-38-18-20-39-22-24-41-26-28-43-33(37)17-11-10-16-32(35)36/h4-9,12-15H,10-11,16-29H2,1-3H3,(H,35,36). The van der Waals surface area contributed by atoms with Crippen molar-refractivity contribution in [3.63, 3.8) is 0 Å². The van der Waals surface area contributed by atoms with Crippen LogP contribution in [-0.4, -0.2) is 105 Å². The van der Waals surface area contributed by atoms with Crippen LogP contribution in [0, 0.1) is 0 Å². The largest absolute Gasteiger partial charge is 0.481 e. The fraction of sp³-hybridized carbons (Fsp3) is 0.588. The zero-order valence-electron chi connectivity index (χ0n) is 27.2. The van der Waals surface area contributed by atoms with Crippen LogP contribution >= 0.6 is 0 Å². The zero-order chi connectivity index (χ0) is 32.6. The van der Waals surface area contributed by atoms with Crippen molar-refractivity contribution in [1.82, 2.24) is 0 Å². The number of hydrogen-bond donors (Lipinski definition) is 1. The first-order valence-corrected chi connectivity index (χ1v) is 17.7. The van der Waals surface area contributed by atoms with Gasteiger partial charge in [-0.05, 0) is 28.3 Å². The van der Waals surface area contributed by atoms with Gasteiger partial charge in [0, 0.05) is 12.8 Å². The van der Waals surface area contributed by atoms with Crippen molar-refractivity contribution in [2.24, 2.45) is 0 Å². The average molecular weight is 649 g/mol. The maximum absolute atomic E-state index is 11.5. The Kier molecular flexibility index (Phi) is 19.5. The molecule has 0 radical (unpaired) electrons. The Morgan fingerprint density at radius 1 is 0.578 bits per heavy atom. The molecule has 45 heavy (non-hydrogen) atoms. The lowest BCUT2D eigenvalue weighted by molar-refractivity contribution is -0.146. The smallest absolute Gasteiger partial charge is 0.305 e. The average Bonchev–Trinajstić information content (AvgIpc) is 3.02. The highest BCUT2D eigenvalue weighted by molar-refractivity contribution is 6.99. The number of carboxylic acids is 1. The Morgan fingerprint density at radius 2 is 0.956 bits per heavy atom. The van der Waals surface area contributed by atoms with Gasteiger partial charge in [0.05, 0.1) is 72.7 Å². The number of esters is 1. The number of ether oxygens (including phenoxy) is 6. The molecule has 0 unspecified atom stereocenters. The number of carboxylic acid groups (broad SMARTS) is 1. The van der Waals surface area contributed by atoms with Crippen LogP contribution in [0.5, 0.6) is 0 Å². The highest BCUT2D eigenvalue weighted by Crippen LogP contribution is 2.36. The SMILES string of the molecule is CC(C)(C)[Si](OCCOCCOCCOCCOCCOCCOC(=O)CCCCC(=O)O)(c1ccccc1)c1ccccc1. The molecular formula is C34H52O10Si. The molecule has 0 saturated carbocycles. The summed E-state index contributed by atoms with van der Waals surface area (Å²) in [4.78, 5) is 22.0. The predicted octanol–water partition coefficient (Wildman–Crippen LogP) is 3.83. The van der Waals surface area contributed by atoms with E-state index >= 15 is 0 Å². The normalized spacial score (nSPS) is 11.9. The maximum atomic E-state index is 11.5. The van der Waals surface area contributed by atoms with Gasteiger partial charge in [-0.2, -0.15) is 0 Å². The summed E-state index contributed by atoms with van der Waals surface area (Å²) < 4.78 is 39.6. The van der Waals surface area contributed by atoms with Crippen LogP contribution in [0.2, 0.25) is 5.04 Å². The van der Waals surface area contributed by atoms with E-state index in [1.165, 1.54) is 10.4 Å². The number of aliphatic carboxylic acids is 1. The summed E-state index contributed by atoms with van der Waals surface area (Å²) in [5, 5.41) is 11.0. The molecule has 2 aromatic carbocycles. The Labute approximate surface area is 269 Å². The minimum Gasteiger partial charge on any atom is -0.481 e. The van der Waals surface area contributed by atoms with Crippen molar-refractivity contribution < 1.29 is 47.5 Å². The third kappa shape index (κ3) is 15.5. The summed E-state index contributed by atoms with van der Waals surface area (Å²) in [6, 6.07) is 21.2. The fourth-order valence-corrected chi connectivity index (χ4v) is 9.37. The van der Waals surface area contributed by atoms with Crippen molar-refractivity contribution in [3.8, 4) is 0 Å². The third-order valence-electron chi connectivity index (χ3n) is 6.96. The molecule has 11 heteroatoms. The molecule has 252 valence electrons. The van der Waals surface area contributed by atoms with Crippen LogP contribution in [-0.2, 0) is 42.4 Å². The van der Waals surface area contributed by atoms with Gasteiger partial charge < -0.3 is 38.0 Å². The number of rotatable bonds is 26. The highest BCUT2D eigenvalue weighted by atomic mass is 28.4.